The third-order valence-corrected chi connectivity index (χ3v) is 3.26. The first-order valence-corrected chi connectivity index (χ1v) is 6.51. The topological polar surface area (TPSA) is 33.0 Å². The molecule has 2 heteroatoms. The first-order valence-electron chi connectivity index (χ1n) is 6.51. The van der Waals surface area contributed by atoms with Gasteiger partial charge in [0.1, 0.15) is 11.5 Å². The lowest BCUT2D eigenvalue weighted by atomic mass is 9.99. The van der Waals surface area contributed by atoms with Gasteiger partial charge in [0.05, 0.1) is 11.6 Å². The van der Waals surface area contributed by atoms with Crippen molar-refractivity contribution in [2.24, 2.45) is 0 Å². The molecule has 2 aromatic rings. The summed E-state index contributed by atoms with van der Waals surface area (Å²) in [5, 5.41) is 8.85. The summed E-state index contributed by atoms with van der Waals surface area (Å²) in [5.41, 5.74) is 1.93. The molecule has 0 saturated heterocycles. The normalized spacial score (nSPS) is 11.6. The Bertz CT molecular complexity index is 581. The Labute approximate surface area is 114 Å². The van der Waals surface area contributed by atoms with Gasteiger partial charge < -0.3 is 4.74 Å². The molecule has 0 aromatic heterocycles. The van der Waals surface area contributed by atoms with Gasteiger partial charge in [-0.3, -0.25) is 0 Å². The van der Waals surface area contributed by atoms with E-state index in [-0.39, 0.29) is 0 Å². The van der Waals surface area contributed by atoms with E-state index in [1.54, 1.807) is 12.1 Å². The Hall–Kier alpha value is -2.27. The fraction of sp³-hybridized carbons (Fsp3) is 0.235. The maximum atomic E-state index is 8.85. The molecule has 0 N–H and O–H groups in total. The molecular weight excluding hydrogens is 234 g/mol. The Kier molecular flexibility index (Phi) is 4.20. The summed E-state index contributed by atoms with van der Waals surface area (Å²) >= 11 is 0. The van der Waals surface area contributed by atoms with E-state index in [0.717, 1.165) is 12.2 Å². The van der Waals surface area contributed by atoms with E-state index in [0.29, 0.717) is 17.2 Å². The molecule has 0 bridgehead atoms. The van der Waals surface area contributed by atoms with E-state index in [4.69, 9.17) is 10.00 Å². The van der Waals surface area contributed by atoms with Crippen molar-refractivity contribution in [2.75, 3.05) is 0 Å². The van der Waals surface area contributed by atoms with Crippen molar-refractivity contribution in [1.82, 2.24) is 0 Å². The monoisotopic (exact) mass is 251 g/mol. The average molecular weight is 251 g/mol. The molecule has 0 radical (unpaired) electrons. The van der Waals surface area contributed by atoms with Crippen LogP contribution < -0.4 is 4.74 Å². The highest BCUT2D eigenvalue weighted by atomic mass is 16.5. The minimum atomic E-state index is 0.566. The largest absolute Gasteiger partial charge is 0.457 e. The predicted molar refractivity (Wildman–Crippen MR) is 76.4 cm³/mol. The maximum absolute atomic E-state index is 8.85. The lowest BCUT2D eigenvalue weighted by Gasteiger charge is -2.10. The zero-order valence-electron chi connectivity index (χ0n) is 11.3. The zero-order valence-corrected chi connectivity index (χ0v) is 11.3. The summed E-state index contributed by atoms with van der Waals surface area (Å²) in [7, 11) is 0. The number of ether oxygens (including phenoxy) is 1. The number of nitrogens with zero attached hydrogens (tertiary/aromatic N) is 1. The molecule has 19 heavy (non-hydrogen) atoms. The Morgan fingerprint density at radius 2 is 1.84 bits per heavy atom. The van der Waals surface area contributed by atoms with Gasteiger partial charge in [-0.15, -0.1) is 0 Å². The van der Waals surface area contributed by atoms with E-state index < -0.39 is 0 Å². The predicted octanol–water partition coefficient (Wildman–Crippen LogP) is 4.86. The fourth-order valence-corrected chi connectivity index (χ4v) is 1.87. The molecule has 0 fully saturated rings. The quantitative estimate of drug-likeness (QED) is 0.777. The second kappa shape index (κ2) is 6.06. The number of hydrogen-bond donors (Lipinski definition) is 0. The van der Waals surface area contributed by atoms with Gasteiger partial charge in [0.2, 0.25) is 0 Å². The third kappa shape index (κ3) is 3.35. The van der Waals surface area contributed by atoms with Crippen molar-refractivity contribution < 1.29 is 4.74 Å². The molecule has 0 spiro atoms. The van der Waals surface area contributed by atoms with Crippen LogP contribution in [0.4, 0.5) is 0 Å². The van der Waals surface area contributed by atoms with E-state index in [1.807, 2.05) is 24.3 Å². The summed E-state index contributed by atoms with van der Waals surface area (Å²) in [6.07, 6.45) is 1.13. The second-order valence-corrected chi connectivity index (χ2v) is 4.62. The molecule has 0 aliphatic carbocycles. The molecule has 0 amide bonds. The van der Waals surface area contributed by atoms with Crippen LogP contribution >= 0.6 is 0 Å². The van der Waals surface area contributed by atoms with Crippen LogP contribution in [0.3, 0.4) is 0 Å². The molecule has 0 saturated carbocycles. The molecule has 0 aliphatic heterocycles. The minimum Gasteiger partial charge on any atom is -0.457 e. The number of hydrogen-bond acceptors (Lipinski definition) is 2. The van der Waals surface area contributed by atoms with Crippen LogP contribution in [0.5, 0.6) is 11.5 Å². The average Bonchev–Trinajstić information content (AvgIpc) is 2.47. The lowest BCUT2D eigenvalue weighted by molar-refractivity contribution is 0.482. The first kappa shape index (κ1) is 13.2. The molecule has 0 heterocycles. The van der Waals surface area contributed by atoms with Gasteiger partial charge in [0, 0.05) is 0 Å². The summed E-state index contributed by atoms with van der Waals surface area (Å²) in [4.78, 5) is 0. The van der Waals surface area contributed by atoms with Crippen molar-refractivity contribution >= 4 is 0 Å². The number of rotatable bonds is 4. The summed E-state index contributed by atoms with van der Waals surface area (Å²) < 4.78 is 5.74. The highest BCUT2D eigenvalue weighted by Crippen LogP contribution is 2.25. The molecule has 1 atom stereocenters. The number of benzene rings is 2. The fourth-order valence-electron chi connectivity index (χ4n) is 1.87. The van der Waals surface area contributed by atoms with Crippen LogP contribution in [0.2, 0.25) is 0 Å². The van der Waals surface area contributed by atoms with Crippen LogP contribution in [0, 0.1) is 11.3 Å². The highest BCUT2D eigenvalue weighted by Gasteiger charge is 2.03. The van der Waals surface area contributed by atoms with Gasteiger partial charge in [-0.25, -0.2) is 0 Å². The van der Waals surface area contributed by atoms with E-state index in [9.17, 15) is 0 Å². The molecule has 96 valence electrons. The Morgan fingerprint density at radius 3 is 2.47 bits per heavy atom. The Morgan fingerprint density at radius 1 is 1.11 bits per heavy atom. The summed E-state index contributed by atoms with van der Waals surface area (Å²) in [6, 6.07) is 17.4. The SMILES string of the molecule is CCC(C)c1ccc(Oc2cccc(C#N)c2)cc1. The first-order chi connectivity index (χ1) is 9.22. The Balaban J connectivity index is 2.13. The van der Waals surface area contributed by atoms with Crippen molar-refractivity contribution in [3.8, 4) is 17.6 Å². The highest BCUT2D eigenvalue weighted by molar-refractivity contribution is 5.39. The molecule has 2 nitrogen and oxygen atoms in total. The zero-order chi connectivity index (χ0) is 13.7. The number of nitriles is 1. The summed E-state index contributed by atoms with van der Waals surface area (Å²) in [6.45, 7) is 4.40. The van der Waals surface area contributed by atoms with Crippen molar-refractivity contribution in [2.45, 2.75) is 26.2 Å². The van der Waals surface area contributed by atoms with Gasteiger partial charge in [-0.1, -0.05) is 32.0 Å². The van der Waals surface area contributed by atoms with Gasteiger partial charge in [0.15, 0.2) is 0 Å². The van der Waals surface area contributed by atoms with E-state index in [1.165, 1.54) is 5.56 Å². The van der Waals surface area contributed by atoms with E-state index in [2.05, 4.69) is 32.0 Å². The van der Waals surface area contributed by atoms with Crippen LogP contribution in [-0.2, 0) is 0 Å². The van der Waals surface area contributed by atoms with Crippen molar-refractivity contribution in [3.05, 3.63) is 59.7 Å². The van der Waals surface area contributed by atoms with Crippen molar-refractivity contribution in [1.29, 1.82) is 5.26 Å². The van der Waals surface area contributed by atoms with Crippen LogP contribution in [0.15, 0.2) is 48.5 Å². The maximum Gasteiger partial charge on any atom is 0.128 e. The molecular formula is C17H17NO. The standard InChI is InChI=1S/C17H17NO/c1-3-13(2)15-7-9-16(10-8-15)19-17-6-4-5-14(11-17)12-18/h4-11,13H,3H2,1-2H3. The van der Waals surface area contributed by atoms with Crippen LogP contribution in [0.25, 0.3) is 0 Å². The van der Waals surface area contributed by atoms with Gasteiger partial charge in [-0.2, -0.15) is 5.26 Å². The van der Waals surface area contributed by atoms with Crippen LogP contribution in [-0.4, -0.2) is 0 Å². The minimum absolute atomic E-state index is 0.566. The lowest BCUT2D eigenvalue weighted by Crippen LogP contribution is -1.91. The van der Waals surface area contributed by atoms with Crippen LogP contribution in [0.1, 0.15) is 37.3 Å². The van der Waals surface area contributed by atoms with Gasteiger partial charge >= 0.3 is 0 Å². The van der Waals surface area contributed by atoms with E-state index >= 15 is 0 Å². The molecule has 2 aromatic carbocycles. The van der Waals surface area contributed by atoms with Gasteiger partial charge in [0.25, 0.3) is 0 Å². The molecule has 0 aliphatic rings. The molecule has 1 unspecified atom stereocenters. The van der Waals surface area contributed by atoms with Gasteiger partial charge in [-0.05, 0) is 48.2 Å². The second-order valence-electron chi connectivity index (χ2n) is 4.62. The molecule has 2 rings (SSSR count). The van der Waals surface area contributed by atoms with Crippen molar-refractivity contribution in [3.63, 3.8) is 0 Å². The summed E-state index contributed by atoms with van der Waals surface area (Å²) in [5.74, 6) is 2.05. The third-order valence-electron chi connectivity index (χ3n) is 3.26. The smallest absolute Gasteiger partial charge is 0.128 e.